The van der Waals surface area contributed by atoms with Gasteiger partial charge in [0.1, 0.15) is 18.7 Å². The molecule has 0 bridgehead atoms. The van der Waals surface area contributed by atoms with Crippen molar-refractivity contribution in [2.45, 2.75) is 19.0 Å². The summed E-state index contributed by atoms with van der Waals surface area (Å²) in [5, 5.41) is 8.52. The highest BCUT2D eigenvalue weighted by Crippen LogP contribution is 2.22. The number of aliphatic carboxylic acids is 1. The molecule has 0 saturated carbocycles. The SMILES string of the molecule is CC(=O)COC(=O)[C@@H](N)CSSCC(N)C(=O)O. The van der Waals surface area contributed by atoms with Crippen LogP contribution in [0, 0.1) is 0 Å². The molecule has 0 rings (SSSR count). The number of carboxylic acids is 1. The first-order valence-electron chi connectivity index (χ1n) is 4.99. The van der Waals surface area contributed by atoms with E-state index in [1.54, 1.807) is 0 Å². The van der Waals surface area contributed by atoms with E-state index in [1.807, 2.05) is 0 Å². The zero-order chi connectivity index (χ0) is 14.1. The van der Waals surface area contributed by atoms with Gasteiger partial charge in [-0.05, 0) is 6.92 Å². The van der Waals surface area contributed by atoms with Crippen LogP contribution in [0.4, 0.5) is 0 Å². The molecule has 9 heteroatoms. The molecule has 0 aromatic rings. The minimum atomic E-state index is -1.08. The molecule has 0 amide bonds. The van der Waals surface area contributed by atoms with Crippen LogP contribution < -0.4 is 11.5 Å². The van der Waals surface area contributed by atoms with E-state index in [4.69, 9.17) is 16.6 Å². The van der Waals surface area contributed by atoms with Crippen LogP contribution in [0.5, 0.6) is 0 Å². The summed E-state index contributed by atoms with van der Waals surface area (Å²) in [5.74, 6) is -1.51. The van der Waals surface area contributed by atoms with Gasteiger partial charge in [-0.25, -0.2) is 0 Å². The number of Topliss-reactive ketones (excluding diaryl/α,β-unsaturated/α-hetero) is 1. The summed E-state index contributed by atoms with van der Waals surface area (Å²) < 4.78 is 4.63. The first-order chi connectivity index (χ1) is 8.34. The highest BCUT2D eigenvalue weighted by Gasteiger charge is 2.17. The van der Waals surface area contributed by atoms with E-state index in [9.17, 15) is 14.4 Å². The topological polar surface area (TPSA) is 133 Å². The van der Waals surface area contributed by atoms with Crippen LogP contribution in [0.15, 0.2) is 0 Å². The molecule has 104 valence electrons. The van der Waals surface area contributed by atoms with Gasteiger partial charge < -0.3 is 21.3 Å². The zero-order valence-electron chi connectivity index (χ0n) is 9.83. The van der Waals surface area contributed by atoms with Gasteiger partial charge in [-0.2, -0.15) is 0 Å². The Morgan fingerprint density at radius 3 is 2.11 bits per heavy atom. The molecule has 7 nitrogen and oxygen atoms in total. The van der Waals surface area contributed by atoms with Gasteiger partial charge in [-0.1, -0.05) is 21.6 Å². The molecule has 0 saturated heterocycles. The van der Waals surface area contributed by atoms with E-state index in [0.717, 1.165) is 0 Å². The Hall–Kier alpha value is -0.770. The Morgan fingerprint density at radius 2 is 1.67 bits per heavy atom. The maximum absolute atomic E-state index is 11.2. The molecule has 1 unspecified atom stereocenters. The molecule has 2 atom stereocenters. The number of rotatable bonds is 9. The second kappa shape index (κ2) is 9.20. The smallest absolute Gasteiger partial charge is 0.324 e. The Balaban J connectivity index is 3.69. The van der Waals surface area contributed by atoms with Crippen molar-refractivity contribution < 1.29 is 24.2 Å². The van der Waals surface area contributed by atoms with Gasteiger partial charge in [0.25, 0.3) is 0 Å². The van der Waals surface area contributed by atoms with Gasteiger partial charge in [0.05, 0.1) is 0 Å². The van der Waals surface area contributed by atoms with Crippen molar-refractivity contribution in [3.63, 3.8) is 0 Å². The zero-order valence-corrected chi connectivity index (χ0v) is 11.5. The number of esters is 1. The first-order valence-corrected chi connectivity index (χ1v) is 7.47. The Labute approximate surface area is 112 Å². The maximum Gasteiger partial charge on any atom is 0.324 e. The van der Waals surface area contributed by atoms with Crippen LogP contribution >= 0.6 is 21.6 Å². The molecular weight excluding hydrogens is 280 g/mol. The van der Waals surface area contributed by atoms with Crippen molar-refractivity contribution in [2.24, 2.45) is 11.5 Å². The number of ether oxygens (including phenoxy) is 1. The number of carbonyl (C=O) groups excluding carboxylic acids is 2. The summed E-state index contributed by atoms with van der Waals surface area (Å²) in [7, 11) is 2.45. The molecular formula is C9H16N2O5S2. The van der Waals surface area contributed by atoms with Gasteiger partial charge >= 0.3 is 11.9 Å². The monoisotopic (exact) mass is 296 g/mol. The van der Waals surface area contributed by atoms with E-state index >= 15 is 0 Å². The normalized spacial score (nSPS) is 13.7. The lowest BCUT2D eigenvalue weighted by Gasteiger charge is -2.10. The summed E-state index contributed by atoms with van der Waals surface area (Å²) in [6, 6.07) is -1.79. The lowest BCUT2D eigenvalue weighted by Crippen LogP contribution is -2.35. The van der Waals surface area contributed by atoms with E-state index in [-0.39, 0.29) is 23.9 Å². The van der Waals surface area contributed by atoms with Crippen molar-refractivity contribution in [3.8, 4) is 0 Å². The van der Waals surface area contributed by atoms with Crippen LogP contribution in [-0.2, 0) is 19.1 Å². The number of hydrogen-bond donors (Lipinski definition) is 3. The average molecular weight is 296 g/mol. The van der Waals surface area contributed by atoms with Gasteiger partial charge in [-0.15, -0.1) is 0 Å². The van der Waals surface area contributed by atoms with E-state index in [1.165, 1.54) is 28.5 Å². The van der Waals surface area contributed by atoms with Crippen LogP contribution in [0.1, 0.15) is 6.92 Å². The average Bonchev–Trinajstić information content (AvgIpc) is 2.30. The molecule has 0 spiro atoms. The van der Waals surface area contributed by atoms with Gasteiger partial charge in [0, 0.05) is 11.5 Å². The van der Waals surface area contributed by atoms with Crippen LogP contribution in [0.25, 0.3) is 0 Å². The molecule has 5 N–H and O–H groups in total. The number of ketones is 1. The minimum Gasteiger partial charge on any atom is -0.480 e. The molecule has 0 heterocycles. The quantitative estimate of drug-likeness (QED) is 0.285. The minimum absolute atomic E-state index is 0.217. The number of nitrogens with two attached hydrogens (primary N) is 2. The van der Waals surface area contributed by atoms with Crippen LogP contribution in [0.2, 0.25) is 0 Å². The summed E-state index contributed by atoms with van der Waals surface area (Å²) in [4.78, 5) is 32.2. The number of carboxylic acid groups (broad SMARTS) is 1. The highest BCUT2D eigenvalue weighted by molar-refractivity contribution is 8.76. The lowest BCUT2D eigenvalue weighted by atomic mass is 10.4. The maximum atomic E-state index is 11.2. The predicted octanol–water partition coefficient (Wildman–Crippen LogP) is -0.761. The van der Waals surface area contributed by atoms with Crippen molar-refractivity contribution in [1.29, 1.82) is 0 Å². The Morgan fingerprint density at radius 1 is 1.17 bits per heavy atom. The molecule has 0 aromatic carbocycles. The fourth-order valence-electron chi connectivity index (χ4n) is 0.662. The third-order valence-electron chi connectivity index (χ3n) is 1.62. The predicted molar refractivity (Wildman–Crippen MR) is 70.1 cm³/mol. The fourth-order valence-corrected chi connectivity index (χ4v) is 2.88. The standard InChI is InChI=1S/C9H16N2O5S2/c1-5(12)2-16-9(15)7(11)4-18-17-3-6(10)8(13)14/h6-7H,2-4,10-11H2,1H3,(H,13,14)/t6?,7-/m0/s1. The van der Waals surface area contributed by atoms with Crippen LogP contribution in [0.3, 0.4) is 0 Å². The molecule has 0 radical (unpaired) electrons. The number of hydrogen-bond acceptors (Lipinski definition) is 8. The lowest BCUT2D eigenvalue weighted by molar-refractivity contribution is -0.148. The second-order valence-corrected chi connectivity index (χ2v) is 5.98. The third kappa shape index (κ3) is 8.34. The summed E-state index contributed by atoms with van der Waals surface area (Å²) in [5.41, 5.74) is 10.8. The second-order valence-electron chi connectivity index (χ2n) is 3.43. The van der Waals surface area contributed by atoms with E-state index < -0.39 is 24.0 Å². The third-order valence-corrected chi connectivity index (χ3v) is 4.09. The summed E-state index contributed by atoms with van der Waals surface area (Å²) in [6.07, 6.45) is 0. The molecule has 0 aliphatic rings. The molecule has 0 aromatic heterocycles. The largest absolute Gasteiger partial charge is 0.480 e. The number of carbonyl (C=O) groups is 3. The van der Waals surface area contributed by atoms with E-state index in [0.29, 0.717) is 0 Å². The van der Waals surface area contributed by atoms with Gasteiger partial charge in [0.2, 0.25) is 0 Å². The van der Waals surface area contributed by atoms with Gasteiger partial charge in [-0.3, -0.25) is 14.4 Å². The molecule has 0 aliphatic heterocycles. The fraction of sp³-hybridized carbons (Fsp3) is 0.667. The Kier molecular flexibility index (Phi) is 8.81. The molecule has 0 fully saturated rings. The van der Waals surface area contributed by atoms with Gasteiger partial charge in [0.15, 0.2) is 5.78 Å². The molecule has 18 heavy (non-hydrogen) atoms. The highest BCUT2D eigenvalue weighted by atomic mass is 33.1. The summed E-state index contributed by atoms with van der Waals surface area (Å²) in [6.45, 7) is 1.02. The van der Waals surface area contributed by atoms with E-state index in [2.05, 4.69) is 4.74 Å². The van der Waals surface area contributed by atoms with Crippen molar-refractivity contribution >= 4 is 39.3 Å². The molecule has 0 aliphatic carbocycles. The van der Waals surface area contributed by atoms with Crippen molar-refractivity contribution in [2.75, 3.05) is 18.1 Å². The van der Waals surface area contributed by atoms with Crippen molar-refractivity contribution in [1.82, 2.24) is 0 Å². The van der Waals surface area contributed by atoms with Crippen LogP contribution in [-0.4, -0.2) is 53.0 Å². The first kappa shape index (κ1) is 17.2. The summed E-state index contributed by atoms with van der Waals surface area (Å²) >= 11 is 0. The van der Waals surface area contributed by atoms with Crippen molar-refractivity contribution in [3.05, 3.63) is 0 Å². The Bertz CT molecular complexity index is 313.